The molecule has 6 aliphatic rings. The van der Waals surface area contributed by atoms with E-state index in [-0.39, 0.29) is 52.7 Å². The first kappa shape index (κ1) is 35.5. The van der Waals surface area contributed by atoms with E-state index in [2.05, 4.69) is 20.6 Å². The van der Waals surface area contributed by atoms with E-state index in [0.29, 0.717) is 63.4 Å². The molecule has 13 heteroatoms. The molecule has 0 amide bonds. The number of phenols is 1. The summed E-state index contributed by atoms with van der Waals surface area (Å²) < 4.78 is 61.8. The summed E-state index contributed by atoms with van der Waals surface area (Å²) in [5.74, 6) is 1.60. The van der Waals surface area contributed by atoms with Crippen LogP contribution in [0.4, 0.5) is 19.0 Å². The van der Waals surface area contributed by atoms with Crippen LogP contribution in [0.3, 0.4) is 0 Å². The number of rotatable bonds is 7. The van der Waals surface area contributed by atoms with Crippen molar-refractivity contribution < 1.29 is 27.8 Å². The molecule has 4 aliphatic heterocycles. The lowest BCUT2D eigenvalue weighted by molar-refractivity contribution is -0.137. The van der Waals surface area contributed by atoms with Gasteiger partial charge in [0, 0.05) is 80.9 Å². The van der Waals surface area contributed by atoms with Crippen LogP contribution < -0.4 is 9.64 Å². The van der Waals surface area contributed by atoms with Crippen molar-refractivity contribution in [2.45, 2.75) is 93.7 Å². The number of alkyl halides is 1. The zero-order chi connectivity index (χ0) is 39.0. The van der Waals surface area contributed by atoms with Gasteiger partial charge < -0.3 is 19.5 Å². The van der Waals surface area contributed by atoms with Gasteiger partial charge in [0.2, 0.25) is 0 Å². The number of fused-ring (bicyclic) bond motifs is 7. The van der Waals surface area contributed by atoms with E-state index < -0.39 is 23.3 Å². The van der Waals surface area contributed by atoms with Crippen LogP contribution in [0.2, 0.25) is 0 Å². The van der Waals surface area contributed by atoms with Crippen molar-refractivity contribution in [2.75, 3.05) is 44.8 Å². The first-order valence-electron chi connectivity index (χ1n) is 20.4. The van der Waals surface area contributed by atoms with Gasteiger partial charge in [-0.2, -0.15) is 15.1 Å². The number of terminal acetylenes is 1. The number of aromatic hydroxyl groups is 1. The zero-order valence-electron chi connectivity index (χ0n) is 32.3. The summed E-state index contributed by atoms with van der Waals surface area (Å²) in [7, 11) is 3.58. The molecule has 6 fully saturated rings. The van der Waals surface area contributed by atoms with Crippen LogP contribution in [-0.2, 0) is 11.8 Å². The van der Waals surface area contributed by atoms with Crippen LogP contribution in [0.1, 0.15) is 63.4 Å². The second-order valence-corrected chi connectivity index (χ2v) is 17.9. The molecule has 296 valence electrons. The number of nitrogens with zero attached hydrogens (tertiary/aromatic N) is 7. The molecular formula is C44H46F3N7O3. The number of piperazine rings is 1. The third kappa shape index (κ3) is 5.32. The van der Waals surface area contributed by atoms with Crippen LogP contribution >= 0.6 is 0 Å². The Bertz CT molecular complexity index is 2510. The number of phenolic OH excluding ortho intramolecular Hbond substituents is 1. The molecule has 0 radical (unpaired) electrons. The molecule has 4 saturated heterocycles. The highest BCUT2D eigenvalue weighted by Crippen LogP contribution is 2.59. The van der Waals surface area contributed by atoms with Crippen molar-refractivity contribution in [2.24, 2.45) is 12.5 Å². The Morgan fingerprint density at radius 3 is 2.53 bits per heavy atom. The number of ether oxygens (including phenoxy) is 2. The molecule has 57 heavy (non-hydrogen) atoms. The van der Waals surface area contributed by atoms with Crippen LogP contribution in [0.25, 0.3) is 43.7 Å². The highest BCUT2D eigenvalue weighted by molar-refractivity contribution is 6.18. The van der Waals surface area contributed by atoms with Crippen molar-refractivity contribution >= 4 is 38.4 Å². The van der Waals surface area contributed by atoms with E-state index in [1.807, 2.05) is 13.3 Å². The van der Waals surface area contributed by atoms with Gasteiger partial charge in [-0.15, -0.1) is 6.42 Å². The fraction of sp³-hybridized carbons (Fsp3) is 0.523. The second kappa shape index (κ2) is 12.7. The molecule has 1 spiro atoms. The van der Waals surface area contributed by atoms with Crippen molar-refractivity contribution in [1.29, 1.82) is 0 Å². The van der Waals surface area contributed by atoms with Gasteiger partial charge in [0.25, 0.3) is 0 Å². The molecule has 1 N–H and O–H groups in total. The fourth-order valence-corrected chi connectivity index (χ4v) is 12.0. The Kier molecular flexibility index (Phi) is 7.90. The van der Waals surface area contributed by atoms with Crippen molar-refractivity contribution in [3.63, 3.8) is 0 Å². The molecule has 3 aromatic carbocycles. The number of hydrogen-bond donors (Lipinski definition) is 1. The SMILES string of the molecule is C#Cc1c(F)ccc2cc(O)cc(-c3c(F)c4nc(OC[C@@]56CCCN5C[C@H](F)C6)nc(N5[C@@H]6CC[C@H]5CN(C5CC7(CC(OC)C7)C5)C6)c4c4cn(C)nc34)c12. The van der Waals surface area contributed by atoms with E-state index in [1.54, 1.807) is 11.7 Å². The molecule has 10 nitrogen and oxygen atoms in total. The third-order valence-corrected chi connectivity index (χ3v) is 14.6. The molecule has 2 aromatic heterocycles. The first-order chi connectivity index (χ1) is 27.6. The van der Waals surface area contributed by atoms with Crippen LogP contribution in [0, 0.1) is 29.4 Å². The molecule has 6 heterocycles. The summed E-state index contributed by atoms with van der Waals surface area (Å²) in [6.07, 6.45) is 16.0. The number of methoxy groups -OCH3 is 1. The zero-order valence-corrected chi connectivity index (χ0v) is 32.3. The van der Waals surface area contributed by atoms with Gasteiger partial charge in [0.1, 0.15) is 41.2 Å². The standard InChI is InChI=1S/C44H46F3N7O3/c1-4-31-34(46)9-6-24-12-29(55)13-32(35(24)31)36-38(47)40-37(33-22-51(2)50-39(33)36)41(49-42(48-40)57-23-44-10-5-11-53(44)19-25(45)14-44)54-26-7-8-27(54)21-52(20-26)28-15-43(16-28)17-30(18-43)56-3/h1,6,9,12-13,22,25-28,30,55H,5,7-8,10-11,14-21,23H2,2-3H3/t25-,26-,27+,28?,30?,43?,44+/m1/s1. The van der Waals surface area contributed by atoms with Gasteiger partial charge in [0.15, 0.2) is 5.82 Å². The molecular weight excluding hydrogens is 732 g/mol. The summed E-state index contributed by atoms with van der Waals surface area (Å²) in [4.78, 5) is 17.2. The quantitative estimate of drug-likeness (QED) is 0.178. The van der Waals surface area contributed by atoms with Crippen LogP contribution in [-0.4, -0.2) is 110 Å². The summed E-state index contributed by atoms with van der Waals surface area (Å²) in [5.41, 5.74) is 0.550. The lowest BCUT2D eigenvalue weighted by Crippen LogP contribution is -2.63. The monoisotopic (exact) mass is 777 g/mol. The van der Waals surface area contributed by atoms with Crippen molar-refractivity contribution in [3.05, 3.63) is 47.7 Å². The minimum atomic E-state index is -0.932. The molecule has 0 unspecified atom stereocenters. The molecule has 11 rings (SSSR count). The number of hydrogen-bond acceptors (Lipinski definition) is 9. The Labute approximate surface area is 328 Å². The second-order valence-electron chi connectivity index (χ2n) is 17.9. The number of halogens is 3. The van der Waals surface area contributed by atoms with Crippen molar-refractivity contribution in [3.8, 4) is 35.2 Å². The highest BCUT2D eigenvalue weighted by atomic mass is 19.1. The minimum absolute atomic E-state index is 0.0330. The number of aryl methyl sites for hydroxylation is 1. The summed E-state index contributed by atoms with van der Waals surface area (Å²) in [5, 5.41) is 17.6. The summed E-state index contributed by atoms with van der Waals surface area (Å²) in [6.45, 7) is 3.15. The van der Waals surface area contributed by atoms with Gasteiger partial charge in [-0.05, 0) is 92.5 Å². The Morgan fingerprint density at radius 2 is 1.77 bits per heavy atom. The molecule has 5 aromatic rings. The number of aromatic nitrogens is 4. The van der Waals surface area contributed by atoms with E-state index in [1.165, 1.54) is 37.1 Å². The third-order valence-electron chi connectivity index (χ3n) is 14.6. The van der Waals surface area contributed by atoms with E-state index in [4.69, 9.17) is 31.0 Å². The maximum Gasteiger partial charge on any atom is 0.319 e. The average Bonchev–Trinajstić information content (AvgIpc) is 3.88. The number of likely N-dealkylation sites (tertiary alicyclic amines) is 1. The van der Waals surface area contributed by atoms with Crippen LogP contribution in [0.5, 0.6) is 11.8 Å². The maximum absolute atomic E-state index is 17.9. The minimum Gasteiger partial charge on any atom is -0.508 e. The largest absolute Gasteiger partial charge is 0.508 e. The van der Waals surface area contributed by atoms with Gasteiger partial charge in [-0.3, -0.25) is 14.5 Å². The first-order valence-corrected chi connectivity index (χ1v) is 20.4. The number of anilines is 1. The Balaban J connectivity index is 1.06. The molecule has 2 bridgehead atoms. The summed E-state index contributed by atoms with van der Waals surface area (Å²) in [6, 6.07) is 6.54. The molecule has 4 atom stereocenters. The predicted octanol–water partition coefficient (Wildman–Crippen LogP) is 6.87. The maximum atomic E-state index is 17.9. The Hall–Kier alpha value is -4.64. The average molecular weight is 778 g/mol. The van der Waals surface area contributed by atoms with Crippen molar-refractivity contribution in [1.82, 2.24) is 29.5 Å². The number of benzene rings is 3. The normalized spacial score (nSPS) is 31.0. The van der Waals surface area contributed by atoms with E-state index >= 15 is 8.78 Å². The van der Waals surface area contributed by atoms with Gasteiger partial charge >= 0.3 is 6.01 Å². The van der Waals surface area contributed by atoms with E-state index in [9.17, 15) is 9.50 Å². The van der Waals surface area contributed by atoms with Gasteiger partial charge in [-0.1, -0.05) is 12.0 Å². The Morgan fingerprint density at radius 1 is 0.982 bits per heavy atom. The molecule has 2 aliphatic carbocycles. The topological polar surface area (TPSA) is 92.0 Å². The summed E-state index contributed by atoms with van der Waals surface area (Å²) >= 11 is 0. The molecule has 2 saturated carbocycles. The lowest BCUT2D eigenvalue weighted by atomic mass is 9.52. The van der Waals surface area contributed by atoms with Gasteiger partial charge in [-0.25, -0.2) is 13.2 Å². The smallest absolute Gasteiger partial charge is 0.319 e. The fourth-order valence-electron chi connectivity index (χ4n) is 12.0. The van der Waals surface area contributed by atoms with Crippen LogP contribution in [0.15, 0.2) is 30.5 Å². The van der Waals surface area contributed by atoms with E-state index in [0.717, 1.165) is 58.2 Å². The predicted molar refractivity (Wildman–Crippen MR) is 211 cm³/mol. The lowest BCUT2D eigenvalue weighted by Gasteiger charge is -2.61. The highest BCUT2D eigenvalue weighted by Gasteiger charge is 2.56. The van der Waals surface area contributed by atoms with Gasteiger partial charge in [0.05, 0.1) is 22.6 Å².